The van der Waals surface area contributed by atoms with Crippen molar-refractivity contribution < 1.29 is 45.3 Å². The minimum absolute atomic E-state index is 0. The minimum Gasteiger partial charge on any atom is -0.412 e. The maximum atomic E-state index is 8.60. The molecule has 7 N–H and O–H groups in total. The third kappa shape index (κ3) is 1020. The van der Waals surface area contributed by atoms with Crippen LogP contribution in [0.4, 0.5) is 0 Å². The predicted octanol–water partition coefficient (Wildman–Crippen LogP) is -6.98. The molecule has 9 heteroatoms. The third-order valence-corrected chi connectivity index (χ3v) is 0. The Morgan fingerprint density at radius 2 is 0.889 bits per heavy atom. The topological polar surface area (TPSA) is 184 Å². The third-order valence-electron chi connectivity index (χ3n) is 0. The van der Waals surface area contributed by atoms with Gasteiger partial charge in [0.25, 0.3) is 0 Å². The summed E-state index contributed by atoms with van der Waals surface area (Å²) in [4.78, 5) is 0. The molecule has 0 aromatic heterocycles. The van der Waals surface area contributed by atoms with Gasteiger partial charge in [0.1, 0.15) is 0 Å². The average Bonchev–Trinajstić information content (AvgIpc) is 0.722. The van der Waals surface area contributed by atoms with Crippen LogP contribution < -0.4 is 14.0 Å². The van der Waals surface area contributed by atoms with Crippen LogP contribution in [0.2, 0.25) is 0 Å². The van der Waals surface area contributed by atoms with Crippen molar-refractivity contribution in [3.63, 3.8) is 0 Å². The van der Waals surface area contributed by atoms with Crippen LogP contribution in [-0.2, 0) is 0 Å². The van der Waals surface area contributed by atoms with Crippen molar-refractivity contribution in [3.05, 3.63) is 0 Å². The van der Waals surface area contributed by atoms with E-state index in [1.165, 1.54) is 0 Å². The van der Waals surface area contributed by atoms with Gasteiger partial charge in [-0.15, -0.1) is 0 Å². The molecule has 0 saturated carbocycles. The van der Waals surface area contributed by atoms with E-state index >= 15 is 0 Å². The molecule has 0 atom stereocenters. The van der Waals surface area contributed by atoms with Gasteiger partial charge in [-0.1, -0.05) is 0 Å². The molecule has 0 rings (SSSR count). The fraction of sp³-hybridized carbons (Fsp3) is 0. The SMILES string of the molecule is O.O.O.[Li].[O-][Cl+3]([O-])([O-])O. The molecule has 1 radical (unpaired) electrons. The van der Waals surface area contributed by atoms with E-state index in [-0.39, 0.29) is 35.3 Å². The second-order valence-corrected chi connectivity index (χ2v) is 1.19. The van der Waals surface area contributed by atoms with Crippen LogP contribution in [0.15, 0.2) is 0 Å². The Hall–Kier alpha value is 0.607. The first-order valence-electron chi connectivity index (χ1n) is 0.632. The number of hydrogen-bond donors (Lipinski definition) is 1. The van der Waals surface area contributed by atoms with E-state index < -0.39 is 10.2 Å². The van der Waals surface area contributed by atoms with Gasteiger partial charge in [-0.3, -0.25) is 0 Å². The first kappa shape index (κ1) is 33.5. The second kappa shape index (κ2) is 11.4. The quantitative estimate of drug-likeness (QED) is 0.346. The van der Waals surface area contributed by atoms with E-state index in [9.17, 15) is 0 Å². The van der Waals surface area contributed by atoms with Gasteiger partial charge >= 0.3 is 0 Å². The number of rotatable bonds is 0. The van der Waals surface area contributed by atoms with Crippen molar-refractivity contribution in [2.45, 2.75) is 0 Å². The Bertz CT molecular complexity index is 24.4. The van der Waals surface area contributed by atoms with Crippen LogP contribution in [0.25, 0.3) is 0 Å². The molecule has 0 aromatic carbocycles. The molecule has 7 nitrogen and oxygen atoms in total. The first-order valence-corrected chi connectivity index (χ1v) is 1.90. The number of hydrogen-bond acceptors (Lipinski definition) is 4. The molecule has 0 bridgehead atoms. The van der Waals surface area contributed by atoms with Crippen molar-refractivity contribution in [1.29, 1.82) is 0 Å². The minimum atomic E-state index is -4.69. The normalized spacial score (nSPS) is 6.67. The molecule has 0 unspecified atom stereocenters. The largest absolute Gasteiger partial charge is 0.412 e. The van der Waals surface area contributed by atoms with Crippen LogP contribution in [0.1, 0.15) is 0 Å². The van der Waals surface area contributed by atoms with Crippen LogP contribution in [0.3, 0.4) is 0 Å². The second-order valence-electron chi connectivity index (χ2n) is 0.396. The zero-order valence-corrected chi connectivity index (χ0v) is 5.31. The predicted molar refractivity (Wildman–Crippen MR) is 18.8 cm³/mol. The summed E-state index contributed by atoms with van der Waals surface area (Å²) in [6.45, 7) is 0. The zero-order chi connectivity index (χ0) is 4.50. The van der Waals surface area contributed by atoms with Gasteiger partial charge in [0.15, 0.2) is 0 Å². The van der Waals surface area contributed by atoms with Crippen LogP contribution in [0, 0.1) is 10.2 Å². The van der Waals surface area contributed by atoms with Gasteiger partial charge < -0.3 is 16.4 Å². The molecule has 0 saturated heterocycles. The van der Waals surface area contributed by atoms with E-state index in [0.29, 0.717) is 0 Å². The standard InChI is InChI=1S/ClHO4.Li.3H2O/c2-1(3,4)5;;;;/h(H,2,3,4,5);;3*1H2. The summed E-state index contributed by atoms with van der Waals surface area (Å²) in [5, 5.41) is 0. The molecule has 0 aromatic rings. The molecule has 0 spiro atoms. The molecule has 0 fully saturated rings. The zero-order valence-electron chi connectivity index (χ0n) is 4.55. The van der Waals surface area contributed by atoms with Crippen LogP contribution in [-0.4, -0.2) is 39.9 Å². The Balaban J connectivity index is -0.0000000133. The molecule has 0 aliphatic carbocycles. The molecular weight excluding hydrogens is 154 g/mol. The van der Waals surface area contributed by atoms with Crippen molar-refractivity contribution in [1.82, 2.24) is 0 Å². The Morgan fingerprint density at radius 3 is 0.889 bits per heavy atom. The number of halogens is 1. The fourth-order valence-electron chi connectivity index (χ4n) is 0. The van der Waals surface area contributed by atoms with E-state index in [2.05, 4.69) is 0 Å². The molecule has 0 aliphatic rings. The van der Waals surface area contributed by atoms with Gasteiger partial charge in [-0.25, -0.2) is 0 Å². The summed E-state index contributed by atoms with van der Waals surface area (Å²) in [6, 6.07) is 0. The molecular formula is H7ClLiO7. The smallest absolute Gasteiger partial charge is 0.0777 e. The van der Waals surface area contributed by atoms with Crippen LogP contribution >= 0.6 is 0 Å². The summed E-state index contributed by atoms with van der Waals surface area (Å²) in [7, 11) is -4.69. The summed E-state index contributed by atoms with van der Waals surface area (Å²) in [5.74, 6) is 0. The van der Waals surface area contributed by atoms with E-state index in [0.717, 1.165) is 0 Å². The fourth-order valence-corrected chi connectivity index (χ4v) is 0. The monoisotopic (exact) mass is 161 g/mol. The van der Waals surface area contributed by atoms with Crippen molar-refractivity contribution >= 4 is 18.9 Å². The van der Waals surface area contributed by atoms with Crippen molar-refractivity contribution in [3.8, 4) is 0 Å². The van der Waals surface area contributed by atoms with Crippen molar-refractivity contribution in [2.75, 3.05) is 0 Å². The summed E-state index contributed by atoms with van der Waals surface area (Å²) < 4.78 is 32.7. The van der Waals surface area contributed by atoms with Crippen LogP contribution in [0.5, 0.6) is 0 Å². The summed E-state index contributed by atoms with van der Waals surface area (Å²) in [5.41, 5.74) is 0. The Morgan fingerprint density at radius 1 is 0.889 bits per heavy atom. The van der Waals surface area contributed by atoms with Gasteiger partial charge in [0.2, 0.25) is 0 Å². The molecule has 0 aliphatic heterocycles. The van der Waals surface area contributed by atoms with Gasteiger partial charge in [-0.05, 0) is 0 Å². The van der Waals surface area contributed by atoms with E-state index in [4.69, 9.17) is 18.6 Å². The Labute approximate surface area is 64.8 Å². The molecule has 57 valence electrons. The maximum Gasteiger partial charge on any atom is 0.0777 e. The molecule has 9 heavy (non-hydrogen) atoms. The average molecular weight is 161 g/mol. The van der Waals surface area contributed by atoms with Gasteiger partial charge in [0, 0.05) is 18.9 Å². The van der Waals surface area contributed by atoms with Gasteiger partial charge in [-0.2, -0.15) is 14.0 Å². The summed E-state index contributed by atoms with van der Waals surface area (Å²) in [6.07, 6.45) is 0. The molecule has 0 amide bonds. The van der Waals surface area contributed by atoms with Crippen molar-refractivity contribution in [2.24, 2.45) is 0 Å². The first-order chi connectivity index (χ1) is 2.00. The van der Waals surface area contributed by atoms with E-state index in [1.807, 2.05) is 0 Å². The Kier molecular flexibility index (Phi) is 42.5. The van der Waals surface area contributed by atoms with E-state index in [1.54, 1.807) is 0 Å². The van der Waals surface area contributed by atoms with Gasteiger partial charge in [0.05, 0.1) is 14.9 Å². The molecule has 0 heterocycles. The maximum absolute atomic E-state index is 8.60. The summed E-state index contributed by atoms with van der Waals surface area (Å²) >= 11 is 0.